The summed E-state index contributed by atoms with van der Waals surface area (Å²) in [6.07, 6.45) is 12.9. The highest BCUT2D eigenvalue weighted by Crippen LogP contribution is 2.36. The van der Waals surface area contributed by atoms with E-state index in [1.165, 1.54) is 0 Å². The van der Waals surface area contributed by atoms with Crippen molar-refractivity contribution in [3.8, 4) is 0 Å². The largest absolute Gasteiger partial charge is 0.395 e. The van der Waals surface area contributed by atoms with Gasteiger partial charge in [-0.2, -0.15) is 0 Å². The van der Waals surface area contributed by atoms with Gasteiger partial charge in [-0.3, -0.25) is 4.79 Å². The molecule has 6 nitrogen and oxygen atoms in total. The topological polar surface area (TPSA) is 110 Å². The van der Waals surface area contributed by atoms with E-state index in [0.717, 1.165) is 38.5 Å². The maximum atomic E-state index is 11.4. The Hall–Kier alpha value is -1.21. The minimum atomic E-state index is -0.581. The Balaban J connectivity index is 2.39. The summed E-state index contributed by atoms with van der Waals surface area (Å²) >= 11 is 0. The summed E-state index contributed by atoms with van der Waals surface area (Å²) in [6, 6.07) is 0. The molecule has 0 aromatic carbocycles. The van der Waals surface area contributed by atoms with Crippen LogP contribution in [0.1, 0.15) is 64.7 Å². The molecule has 1 aliphatic rings. The van der Waals surface area contributed by atoms with E-state index in [-0.39, 0.29) is 24.3 Å². The van der Waals surface area contributed by atoms with Gasteiger partial charge >= 0.3 is 0 Å². The molecule has 0 aromatic rings. The van der Waals surface area contributed by atoms with Gasteiger partial charge in [0.15, 0.2) is 0 Å². The van der Waals surface area contributed by atoms with Crippen LogP contribution in [0.25, 0.3) is 0 Å². The van der Waals surface area contributed by atoms with Crippen LogP contribution in [0, 0.1) is 11.8 Å². The number of nitrogens with one attached hydrogen (secondary N) is 1. The van der Waals surface area contributed by atoms with Gasteiger partial charge in [-0.25, -0.2) is 0 Å². The number of carbonyl (C=O) groups is 1. The van der Waals surface area contributed by atoms with Gasteiger partial charge in [0, 0.05) is 25.3 Å². The number of amides is 1. The summed E-state index contributed by atoms with van der Waals surface area (Å²) in [4.78, 5) is 11.4. The molecule has 28 heavy (non-hydrogen) atoms. The number of hydrogen-bond acceptors (Lipinski definition) is 5. The Morgan fingerprint density at radius 1 is 1.18 bits per heavy atom. The second-order valence-corrected chi connectivity index (χ2v) is 7.73. The Bertz CT molecular complexity index is 480. The predicted octanol–water partition coefficient (Wildman–Crippen LogP) is 2.07. The molecule has 1 amide bonds. The molecule has 0 heterocycles. The molecule has 0 saturated heterocycles. The second kappa shape index (κ2) is 14.7. The van der Waals surface area contributed by atoms with E-state index in [2.05, 4.69) is 12.2 Å². The van der Waals surface area contributed by atoms with E-state index in [4.69, 9.17) is 5.11 Å². The van der Waals surface area contributed by atoms with Crippen molar-refractivity contribution in [1.29, 1.82) is 0 Å². The lowest BCUT2D eigenvalue weighted by Crippen LogP contribution is -2.25. The van der Waals surface area contributed by atoms with E-state index >= 15 is 0 Å². The van der Waals surface area contributed by atoms with Gasteiger partial charge in [-0.1, -0.05) is 50.5 Å². The standard InChI is InChI=1S/C22H39NO5/c1-2-3-6-9-17(25)12-13-19-18(20(26)16-21(19)27)10-7-4-5-8-11-22(28)23-14-15-24/h4,7,12-13,17-21,24-27H,2-3,5-6,8-11,14-16H2,1H3,(H,23,28)/b7-4-,13-12+/t17-,18-,19+,20+,21-/m0/s1. The fourth-order valence-electron chi connectivity index (χ4n) is 3.70. The molecule has 0 radical (unpaired) electrons. The normalized spacial score (nSPS) is 26.3. The highest BCUT2D eigenvalue weighted by atomic mass is 16.3. The van der Waals surface area contributed by atoms with Crippen LogP contribution in [-0.2, 0) is 4.79 Å². The quantitative estimate of drug-likeness (QED) is 0.228. The van der Waals surface area contributed by atoms with Gasteiger partial charge in [0.25, 0.3) is 0 Å². The molecular weight excluding hydrogens is 358 g/mol. The Morgan fingerprint density at radius 2 is 1.96 bits per heavy atom. The Morgan fingerprint density at radius 3 is 2.68 bits per heavy atom. The number of hydrogen-bond donors (Lipinski definition) is 5. The summed E-state index contributed by atoms with van der Waals surface area (Å²) < 4.78 is 0. The fourth-order valence-corrected chi connectivity index (χ4v) is 3.70. The number of rotatable bonds is 14. The van der Waals surface area contributed by atoms with E-state index in [9.17, 15) is 20.1 Å². The van der Waals surface area contributed by atoms with Crippen molar-refractivity contribution in [2.75, 3.05) is 13.2 Å². The highest BCUT2D eigenvalue weighted by Gasteiger charge is 2.39. The zero-order valence-corrected chi connectivity index (χ0v) is 17.2. The summed E-state index contributed by atoms with van der Waals surface area (Å²) in [6.45, 7) is 2.37. The molecule has 162 valence electrons. The van der Waals surface area contributed by atoms with Gasteiger partial charge < -0.3 is 25.7 Å². The van der Waals surface area contributed by atoms with Crippen molar-refractivity contribution < 1.29 is 25.2 Å². The van der Waals surface area contributed by atoms with E-state index in [0.29, 0.717) is 25.8 Å². The lowest BCUT2D eigenvalue weighted by Gasteiger charge is -2.19. The molecule has 1 aliphatic carbocycles. The van der Waals surface area contributed by atoms with Crippen LogP contribution in [0.5, 0.6) is 0 Å². The van der Waals surface area contributed by atoms with E-state index in [1.54, 1.807) is 6.08 Å². The molecule has 0 bridgehead atoms. The highest BCUT2D eigenvalue weighted by molar-refractivity contribution is 5.75. The van der Waals surface area contributed by atoms with Crippen LogP contribution in [0.2, 0.25) is 0 Å². The lowest BCUT2D eigenvalue weighted by atomic mass is 9.89. The Labute approximate surface area is 169 Å². The Kier molecular flexibility index (Phi) is 13.1. The molecule has 0 unspecified atom stereocenters. The van der Waals surface area contributed by atoms with Gasteiger partial charge in [-0.15, -0.1) is 0 Å². The van der Waals surface area contributed by atoms with Gasteiger partial charge in [0.1, 0.15) is 0 Å². The summed E-state index contributed by atoms with van der Waals surface area (Å²) in [5.74, 6) is -0.262. The lowest BCUT2D eigenvalue weighted by molar-refractivity contribution is -0.121. The minimum Gasteiger partial charge on any atom is -0.395 e. The molecular formula is C22H39NO5. The summed E-state index contributed by atoms with van der Waals surface area (Å²) in [7, 11) is 0. The second-order valence-electron chi connectivity index (χ2n) is 7.73. The summed E-state index contributed by atoms with van der Waals surface area (Å²) in [5.41, 5.74) is 0. The number of unbranched alkanes of at least 4 members (excludes halogenated alkanes) is 3. The molecule has 6 heteroatoms. The molecule has 0 aliphatic heterocycles. The first-order valence-electron chi connectivity index (χ1n) is 10.7. The SMILES string of the molecule is CCCCC[C@H](O)/C=C/[C@@H]1[C@H](C/C=C\CCCC(=O)NCCO)[C@H](O)C[C@@H]1O. The smallest absolute Gasteiger partial charge is 0.220 e. The first-order chi connectivity index (χ1) is 13.5. The number of aliphatic hydroxyl groups is 4. The third-order valence-electron chi connectivity index (χ3n) is 5.36. The van der Waals surface area contributed by atoms with Crippen molar-refractivity contribution >= 4 is 5.91 Å². The van der Waals surface area contributed by atoms with Crippen LogP contribution < -0.4 is 5.32 Å². The van der Waals surface area contributed by atoms with Crippen LogP contribution >= 0.6 is 0 Å². The average Bonchev–Trinajstić information content (AvgIpc) is 2.94. The first-order valence-corrected chi connectivity index (χ1v) is 10.7. The third kappa shape index (κ3) is 9.82. The van der Waals surface area contributed by atoms with Crippen molar-refractivity contribution in [2.45, 2.75) is 83.0 Å². The molecule has 1 saturated carbocycles. The van der Waals surface area contributed by atoms with Crippen LogP contribution in [0.3, 0.4) is 0 Å². The number of aliphatic hydroxyl groups excluding tert-OH is 4. The van der Waals surface area contributed by atoms with Crippen molar-refractivity contribution in [3.05, 3.63) is 24.3 Å². The van der Waals surface area contributed by atoms with Gasteiger partial charge in [-0.05, 0) is 31.6 Å². The molecule has 5 atom stereocenters. The van der Waals surface area contributed by atoms with Gasteiger partial charge in [0.05, 0.1) is 24.9 Å². The maximum Gasteiger partial charge on any atom is 0.220 e. The summed E-state index contributed by atoms with van der Waals surface area (Å²) in [5, 5.41) is 41.8. The fraction of sp³-hybridized carbons (Fsp3) is 0.773. The van der Waals surface area contributed by atoms with Crippen molar-refractivity contribution in [2.24, 2.45) is 11.8 Å². The monoisotopic (exact) mass is 397 g/mol. The zero-order chi connectivity index (χ0) is 20.8. The average molecular weight is 398 g/mol. The third-order valence-corrected chi connectivity index (χ3v) is 5.36. The molecule has 1 rings (SSSR count). The van der Waals surface area contributed by atoms with E-state index in [1.807, 2.05) is 18.2 Å². The maximum absolute atomic E-state index is 11.4. The van der Waals surface area contributed by atoms with Gasteiger partial charge in [0.2, 0.25) is 5.91 Å². The molecule has 5 N–H and O–H groups in total. The van der Waals surface area contributed by atoms with Crippen molar-refractivity contribution in [3.63, 3.8) is 0 Å². The first kappa shape index (κ1) is 24.8. The van der Waals surface area contributed by atoms with Crippen LogP contribution in [0.15, 0.2) is 24.3 Å². The van der Waals surface area contributed by atoms with E-state index < -0.39 is 18.3 Å². The van der Waals surface area contributed by atoms with Crippen LogP contribution in [0.4, 0.5) is 0 Å². The number of carbonyl (C=O) groups excluding carboxylic acids is 1. The molecule has 0 spiro atoms. The molecule has 1 fully saturated rings. The van der Waals surface area contributed by atoms with Crippen LogP contribution in [-0.4, -0.2) is 57.8 Å². The zero-order valence-electron chi connectivity index (χ0n) is 17.2. The minimum absolute atomic E-state index is 0.0490. The predicted molar refractivity (Wildman–Crippen MR) is 111 cm³/mol. The number of allylic oxidation sites excluding steroid dienone is 2. The van der Waals surface area contributed by atoms with Crippen molar-refractivity contribution in [1.82, 2.24) is 5.32 Å². The molecule has 0 aromatic heterocycles.